The van der Waals surface area contributed by atoms with Crippen LogP contribution in [0, 0.1) is 5.82 Å². The minimum Gasteiger partial charge on any atom is -0.354 e. The number of carbonyl (C=O) groups is 2. The van der Waals surface area contributed by atoms with Crippen molar-refractivity contribution in [2.75, 3.05) is 12.3 Å². The molecule has 0 aromatic heterocycles. The van der Waals surface area contributed by atoms with Crippen molar-refractivity contribution < 1.29 is 14.0 Å². The Morgan fingerprint density at radius 1 is 0.943 bits per heavy atom. The number of benzene rings is 3. The summed E-state index contributed by atoms with van der Waals surface area (Å²) in [5.41, 5.74) is 1.35. The van der Waals surface area contributed by atoms with E-state index in [1.807, 2.05) is 60.7 Å². The maximum absolute atomic E-state index is 14.6. The number of nitrogens with one attached hydrogen (secondary N) is 1. The number of unbranched alkanes of at least 4 members (excludes halogenated alkanes) is 1. The first-order valence-electron chi connectivity index (χ1n) is 12.1. The zero-order chi connectivity index (χ0) is 24.9. The van der Waals surface area contributed by atoms with E-state index in [4.69, 9.17) is 0 Å². The van der Waals surface area contributed by atoms with E-state index in [9.17, 15) is 14.0 Å². The highest BCUT2D eigenvalue weighted by Gasteiger charge is 2.30. The molecule has 0 saturated carbocycles. The molecule has 0 aliphatic rings. The van der Waals surface area contributed by atoms with Gasteiger partial charge in [-0.15, -0.1) is 11.8 Å². The number of hydrogen-bond donors (Lipinski definition) is 1. The third-order valence-electron chi connectivity index (χ3n) is 5.73. The summed E-state index contributed by atoms with van der Waals surface area (Å²) < 4.78 is 14.6. The molecule has 0 spiro atoms. The van der Waals surface area contributed by atoms with Crippen molar-refractivity contribution in [2.45, 2.75) is 50.1 Å². The van der Waals surface area contributed by atoms with E-state index in [0.717, 1.165) is 23.3 Å². The van der Waals surface area contributed by atoms with Gasteiger partial charge in [0, 0.05) is 42.1 Å². The molecule has 0 aliphatic heterocycles. The Hall–Kier alpha value is -3.12. The number of carbonyl (C=O) groups excluding carboxylic acids is 2. The van der Waals surface area contributed by atoms with E-state index in [1.54, 1.807) is 34.9 Å². The molecule has 3 aromatic carbocycles. The second-order valence-corrected chi connectivity index (χ2v) is 9.54. The first-order chi connectivity index (χ1) is 17.1. The molecule has 1 N–H and O–H groups in total. The standard InChI is InChI=1S/C29H33FN2O2S/c1-2-3-19-31-29(34)27(21-23-12-6-4-7-13-23)32(22-24-14-10-11-17-26(24)30)28(33)18-20-35-25-15-8-5-9-16-25/h4-17,27H,2-3,18-22H2,1H3,(H,31,34)/t27-/m1/s1. The molecule has 2 amide bonds. The second-order valence-electron chi connectivity index (χ2n) is 8.37. The highest BCUT2D eigenvalue weighted by molar-refractivity contribution is 7.99. The van der Waals surface area contributed by atoms with Crippen LogP contribution in [0.15, 0.2) is 89.8 Å². The smallest absolute Gasteiger partial charge is 0.243 e. The Morgan fingerprint density at radius 2 is 1.60 bits per heavy atom. The third kappa shape index (κ3) is 8.55. The van der Waals surface area contributed by atoms with Crippen molar-refractivity contribution in [3.63, 3.8) is 0 Å². The molecular formula is C29H33FN2O2S. The number of rotatable bonds is 13. The van der Waals surface area contributed by atoms with Crippen molar-refractivity contribution in [1.29, 1.82) is 0 Å². The fraction of sp³-hybridized carbons (Fsp3) is 0.310. The minimum atomic E-state index is -0.733. The predicted octanol–water partition coefficient (Wildman–Crippen LogP) is 5.86. The molecule has 0 bridgehead atoms. The average Bonchev–Trinajstić information content (AvgIpc) is 2.88. The van der Waals surface area contributed by atoms with Gasteiger partial charge in [0.05, 0.1) is 0 Å². The van der Waals surface area contributed by atoms with E-state index in [0.29, 0.717) is 24.3 Å². The molecule has 3 aromatic rings. The normalized spacial score (nSPS) is 11.6. The molecule has 4 nitrogen and oxygen atoms in total. The summed E-state index contributed by atoms with van der Waals surface area (Å²) in [4.78, 5) is 29.5. The summed E-state index contributed by atoms with van der Waals surface area (Å²) in [6.45, 7) is 2.65. The topological polar surface area (TPSA) is 49.4 Å². The summed E-state index contributed by atoms with van der Waals surface area (Å²) >= 11 is 1.59. The SMILES string of the molecule is CCCCNC(=O)[C@@H](Cc1ccccc1)N(Cc1ccccc1F)C(=O)CCSc1ccccc1. The van der Waals surface area contributed by atoms with Crippen molar-refractivity contribution in [2.24, 2.45) is 0 Å². The summed E-state index contributed by atoms with van der Waals surface area (Å²) in [6.07, 6.45) is 2.43. The van der Waals surface area contributed by atoms with E-state index >= 15 is 0 Å². The van der Waals surface area contributed by atoms with Crippen molar-refractivity contribution in [1.82, 2.24) is 10.2 Å². The molecule has 0 aliphatic carbocycles. The van der Waals surface area contributed by atoms with Crippen LogP contribution in [0.1, 0.15) is 37.3 Å². The van der Waals surface area contributed by atoms with Crippen molar-refractivity contribution in [3.05, 3.63) is 102 Å². The van der Waals surface area contributed by atoms with Crippen molar-refractivity contribution >= 4 is 23.6 Å². The lowest BCUT2D eigenvalue weighted by molar-refractivity contribution is -0.141. The monoisotopic (exact) mass is 492 g/mol. The Morgan fingerprint density at radius 3 is 2.29 bits per heavy atom. The number of amides is 2. The van der Waals surface area contributed by atoms with Gasteiger partial charge in [-0.2, -0.15) is 0 Å². The highest BCUT2D eigenvalue weighted by Crippen LogP contribution is 2.21. The number of halogens is 1. The molecule has 0 radical (unpaired) electrons. The molecule has 0 saturated heterocycles. The van der Waals surface area contributed by atoms with E-state index in [-0.39, 0.29) is 30.6 Å². The number of nitrogens with zero attached hydrogens (tertiary/aromatic N) is 1. The van der Waals surface area contributed by atoms with Crippen LogP contribution in [0.5, 0.6) is 0 Å². The third-order valence-corrected chi connectivity index (χ3v) is 6.74. The van der Waals surface area contributed by atoms with Gasteiger partial charge in [0.25, 0.3) is 0 Å². The van der Waals surface area contributed by atoms with Crippen LogP contribution in [0.3, 0.4) is 0 Å². The molecule has 6 heteroatoms. The quantitative estimate of drug-likeness (QED) is 0.240. The van der Waals surface area contributed by atoms with Crippen LogP contribution in [0.25, 0.3) is 0 Å². The van der Waals surface area contributed by atoms with E-state index < -0.39 is 6.04 Å². The summed E-state index contributed by atoms with van der Waals surface area (Å²) in [5.74, 6) is -0.175. The largest absolute Gasteiger partial charge is 0.354 e. The lowest BCUT2D eigenvalue weighted by atomic mass is 10.0. The molecule has 3 rings (SSSR count). The Balaban J connectivity index is 1.84. The van der Waals surface area contributed by atoms with Gasteiger partial charge in [-0.1, -0.05) is 80.1 Å². The zero-order valence-electron chi connectivity index (χ0n) is 20.2. The number of thioether (sulfide) groups is 1. The Bertz CT molecular complexity index is 1060. The molecular weight excluding hydrogens is 459 g/mol. The lowest BCUT2D eigenvalue weighted by Crippen LogP contribution is -2.50. The maximum atomic E-state index is 14.6. The van der Waals surface area contributed by atoms with Gasteiger partial charge in [0.2, 0.25) is 11.8 Å². The van der Waals surface area contributed by atoms with Gasteiger partial charge < -0.3 is 10.2 Å². The van der Waals surface area contributed by atoms with Gasteiger partial charge >= 0.3 is 0 Å². The molecule has 0 heterocycles. The Kier molecular flexibility index (Phi) is 10.8. The van der Waals surface area contributed by atoms with Gasteiger partial charge in [-0.25, -0.2) is 4.39 Å². The maximum Gasteiger partial charge on any atom is 0.243 e. The Labute approximate surface area is 211 Å². The fourth-order valence-electron chi connectivity index (χ4n) is 3.79. The van der Waals surface area contributed by atoms with Crippen LogP contribution >= 0.6 is 11.8 Å². The summed E-state index contributed by atoms with van der Waals surface area (Å²) in [5, 5.41) is 2.99. The van der Waals surface area contributed by atoms with Gasteiger partial charge in [0.1, 0.15) is 11.9 Å². The fourth-order valence-corrected chi connectivity index (χ4v) is 4.65. The van der Waals surface area contributed by atoms with Crippen LogP contribution < -0.4 is 5.32 Å². The van der Waals surface area contributed by atoms with Crippen LogP contribution in [0.4, 0.5) is 4.39 Å². The molecule has 35 heavy (non-hydrogen) atoms. The summed E-state index contributed by atoms with van der Waals surface area (Å²) in [6, 6.07) is 25.2. The molecule has 0 unspecified atom stereocenters. The zero-order valence-corrected chi connectivity index (χ0v) is 21.0. The van der Waals surface area contributed by atoms with Crippen LogP contribution in [-0.2, 0) is 22.6 Å². The number of hydrogen-bond acceptors (Lipinski definition) is 3. The molecule has 1 atom stereocenters. The van der Waals surface area contributed by atoms with E-state index in [1.165, 1.54) is 6.07 Å². The van der Waals surface area contributed by atoms with Crippen molar-refractivity contribution in [3.8, 4) is 0 Å². The summed E-state index contributed by atoms with van der Waals surface area (Å²) in [7, 11) is 0. The minimum absolute atomic E-state index is 0.0419. The highest BCUT2D eigenvalue weighted by atomic mass is 32.2. The average molecular weight is 493 g/mol. The van der Waals surface area contributed by atoms with Gasteiger partial charge in [-0.05, 0) is 30.2 Å². The molecule has 184 valence electrons. The lowest BCUT2D eigenvalue weighted by Gasteiger charge is -2.31. The van der Waals surface area contributed by atoms with Crippen LogP contribution in [0.2, 0.25) is 0 Å². The molecule has 0 fully saturated rings. The first kappa shape index (κ1) is 26.5. The van der Waals surface area contributed by atoms with Crippen LogP contribution in [-0.4, -0.2) is 35.1 Å². The van der Waals surface area contributed by atoms with Gasteiger partial charge in [-0.3, -0.25) is 9.59 Å². The predicted molar refractivity (Wildman–Crippen MR) is 141 cm³/mol. The van der Waals surface area contributed by atoms with E-state index in [2.05, 4.69) is 12.2 Å². The second kappa shape index (κ2) is 14.3. The van der Waals surface area contributed by atoms with Gasteiger partial charge in [0.15, 0.2) is 0 Å². The first-order valence-corrected chi connectivity index (χ1v) is 13.1.